The first-order valence-corrected chi connectivity index (χ1v) is 33.3. The quantitative estimate of drug-likeness (QED) is 0.0208. The molecule has 512 valence electrons. The molecule has 3 aromatic rings. The summed E-state index contributed by atoms with van der Waals surface area (Å²) in [6.45, 7) is 2.40. The van der Waals surface area contributed by atoms with Crippen molar-refractivity contribution >= 4 is 92.7 Å². The zero-order chi connectivity index (χ0) is 67.3. The highest BCUT2D eigenvalue weighted by Crippen LogP contribution is 2.32. The van der Waals surface area contributed by atoms with Crippen LogP contribution >= 0.6 is 34.4 Å². The number of aromatic nitrogens is 1. The van der Waals surface area contributed by atoms with Crippen molar-refractivity contribution in [1.29, 1.82) is 5.26 Å². The van der Waals surface area contributed by atoms with Gasteiger partial charge < -0.3 is 60.8 Å². The number of carbonyl (C=O) groups is 8. The van der Waals surface area contributed by atoms with Crippen LogP contribution in [0.25, 0.3) is 10.9 Å². The first-order valence-electron chi connectivity index (χ1n) is 31.0. The highest BCUT2D eigenvalue weighted by atomic mass is 127. The number of nitrogens with one attached hydrogen (secondary N) is 4. The highest BCUT2D eigenvalue weighted by molar-refractivity contribution is 14.1. The van der Waals surface area contributed by atoms with E-state index in [-0.39, 0.29) is 116 Å². The lowest BCUT2D eigenvalue weighted by atomic mass is 10.1. The molecule has 9 N–H and O–H groups in total. The Morgan fingerprint density at radius 2 is 1.35 bits per heavy atom. The van der Waals surface area contributed by atoms with Crippen molar-refractivity contribution < 1.29 is 82.1 Å². The second-order valence-electron chi connectivity index (χ2n) is 23.0. The number of fused-ring (bicyclic) bond motifs is 1. The maximum atomic E-state index is 13.9. The zero-order valence-corrected chi connectivity index (χ0v) is 55.0. The number of alkyl halides is 2. The second kappa shape index (κ2) is 39.4. The molecule has 6 rings (SSSR count). The van der Waals surface area contributed by atoms with Crippen LogP contribution in [0.1, 0.15) is 48.0 Å². The number of pyridine rings is 1. The molecule has 0 radical (unpaired) electrons. The summed E-state index contributed by atoms with van der Waals surface area (Å²) < 4.78 is 40.8. The van der Waals surface area contributed by atoms with E-state index in [9.17, 15) is 77.9 Å². The Hall–Kier alpha value is -6.52. The van der Waals surface area contributed by atoms with Crippen molar-refractivity contribution in [1.82, 2.24) is 60.6 Å². The minimum absolute atomic E-state index is 0.0564. The molecule has 3 saturated heterocycles. The fraction of sp³-hybridized carbons (Fsp3) is 0.607. The van der Waals surface area contributed by atoms with E-state index in [0.717, 1.165) is 21.3 Å². The molecular weight excluding hydrogens is 1350 g/mol. The molecule has 0 spiro atoms. The van der Waals surface area contributed by atoms with Crippen molar-refractivity contribution in [2.45, 2.75) is 68.9 Å². The van der Waals surface area contributed by atoms with Gasteiger partial charge in [0.2, 0.25) is 17.7 Å². The number of aryl methyl sites for hydroxylation is 1. The van der Waals surface area contributed by atoms with E-state index in [2.05, 4.69) is 65.9 Å². The van der Waals surface area contributed by atoms with E-state index < -0.39 is 97.3 Å². The topological polar surface area (TPSA) is 364 Å². The molecule has 93 heavy (non-hydrogen) atoms. The van der Waals surface area contributed by atoms with Gasteiger partial charge in [-0.25, -0.2) is 8.78 Å². The van der Waals surface area contributed by atoms with Gasteiger partial charge in [0.15, 0.2) is 0 Å². The minimum atomic E-state index is -3.19. The van der Waals surface area contributed by atoms with Gasteiger partial charge in [-0.2, -0.15) is 17.0 Å². The molecule has 5 amide bonds. The van der Waals surface area contributed by atoms with Crippen molar-refractivity contribution in [2.75, 3.05) is 169 Å². The third-order valence-corrected chi connectivity index (χ3v) is 17.6. The summed E-state index contributed by atoms with van der Waals surface area (Å²) in [6.07, 6.45) is 1.40. The number of nitrogens with zero attached hydrogens (tertiary/aromatic N) is 9. The molecule has 3 aliphatic heterocycles. The van der Waals surface area contributed by atoms with Gasteiger partial charge >= 0.3 is 17.9 Å². The largest absolute Gasteiger partial charge is 0.494 e. The van der Waals surface area contributed by atoms with Gasteiger partial charge in [-0.05, 0) is 96.7 Å². The maximum Gasteiger partial charge on any atom is 0.317 e. The summed E-state index contributed by atoms with van der Waals surface area (Å²) in [7, 11) is 0. The van der Waals surface area contributed by atoms with Crippen molar-refractivity contribution in [3.63, 3.8) is 0 Å². The average molecular weight is 1440 g/mol. The number of likely N-dealkylation sites (tertiary alicyclic amines) is 1. The molecule has 0 aliphatic carbocycles. The van der Waals surface area contributed by atoms with Gasteiger partial charge in [-0.1, -0.05) is 12.1 Å². The van der Waals surface area contributed by atoms with Crippen LogP contribution in [-0.4, -0.2) is 311 Å². The number of aliphatic hydroxyl groups excluding tert-OH is 2. The van der Waals surface area contributed by atoms with Crippen LogP contribution in [0.4, 0.5) is 8.78 Å². The van der Waals surface area contributed by atoms with Crippen molar-refractivity contribution in [2.24, 2.45) is 0 Å². The van der Waals surface area contributed by atoms with E-state index in [1.54, 1.807) is 48.8 Å². The monoisotopic (exact) mass is 1440 g/mol. The standard InChI is InChI=1S/C61H86F2IN13O15S/c62-61(63)34-45(35-65)77(42-61)54(81)36-69-58(88)47-11-13-66-49-10-9-46(33-48(47)49)92-29-2-16-71-25-27-76(28-26-71)60(90)51(78)41-93-32-15-68-59(89)50(12-30-91-31-14-67-52(79)4-1-3-43-5-7-44(64)8-6-43)70-53(80)37-72-17-19-73(38-55(82)83)21-23-75(40-57(86)87)24-22-74(20-18-72)39-56(84)85/h5-11,13,33,45,50-52,67,78-79H,1-4,12,14-32,34,36-42H2,(H,68,89)(H,69,88)(H,70,80)(H,82,83)(H,84,85)(H,86,87)/t45-,50+,51-,52?/m1/s1. The predicted molar refractivity (Wildman–Crippen MR) is 346 cm³/mol. The van der Waals surface area contributed by atoms with Gasteiger partial charge in [0.05, 0.1) is 69.6 Å². The first-order chi connectivity index (χ1) is 44.5. The Balaban J connectivity index is 0.931. The number of thioether (sulfide) groups is 1. The number of rotatable bonds is 35. The van der Waals surface area contributed by atoms with Crippen LogP contribution in [0.2, 0.25) is 0 Å². The lowest BCUT2D eigenvalue weighted by Crippen LogP contribution is -2.52. The number of piperazine rings is 1. The minimum Gasteiger partial charge on any atom is -0.494 e. The van der Waals surface area contributed by atoms with Gasteiger partial charge in [0.1, 0.15) is 30.2 Å². The molecule has 3 fully saturated rings. The summed E-state index contributed by atoms with van der Waals surface area (Å²) in [5.41, 5.74) is 1.85. The highest BCUT2D eigenvalue weighted by Gasteiger charge is 2.47. The zero-order valence-electron chi connectivity index (χ0n) is 52.0. The molecule has 0 saturated carbocycles. The molecule has 4 atom stereocenters. The average Bonchev–Trinajstić information content (AvgIpc) is 1.86. The fourth-order valence-electron chi connectivity index (χ4n) is 10.8. The van der Waals surface area contributed by atoms with Crippen LogP contribution in [-0.2, 0) is 44.7 Å². The number of aliphatic hydroxyl groups is 2. The number of carbonyl (C=O) groups excluding carboxylic acids is 5. The number of carboxylic acids is 3. The van der Waals surface area contributed by atoms with E-state index in [0.29, 0.717) is 81.1 Å². The molecule has 2 aromatic carbocycles. The van der Waals surface area contributed by atoms with E-state index >= 15 is 0 Å². The Morgan fingerprint density at radius 1 is 0.742 bits per heavy atom. The van der Waals surface area contributed by atoms with Gasteiger partial charge in [0, 0.05) is 138 Å². The Bertz CT molecular complexity index is 2960. The lowest BCUT2D eigenvalue weighted by Gasteiger charge is -2.35. The molecule has 4 heterocycles. The van der Waals surface area contributed by atoms with Crippen LogP contribution in [0.5, 0.6) is 5.75 Å². The van der Waals surface area contributed by atoms with Crippen molar-refractivity contribution in [3.05, 3.63) is 69.4 Å². The van der Waals surface area contributed by atoms with Gasteiger partial charge in [0.25, 0.3) is 17.7 Å². The van der Waals surface area contributed by atoms with E-state index in [1.165, 1.54) is 29.6 Å². The number of hydrogen-bond donors (Lipinski definition) is 9. The van der Waals surface area contributed by atoms with Crippen LogP contribution in [0.15, 0.2) is 54.7 Å². The number of carboxylic acid groups (broad SMARTS) is 3. The summed E-state index contributed by atoms with van der Waals surface area (Å²) in [4.78, 5) is 118. The SMILES string of the molecule is N#C[C@H]1CC(F)(F)CN1C(=O)CNC(=O)c1ccnc2ccc(OCCCN3CCN(C(=O)[C@H](O)CSCCNC(=O)[C@H](CCOCCNC(O)CCCc4ccc(I)cc4)NC(=O)CN4CCN(CC(=O)O)CCN(CC(=O)O)CCN(CC(=O)O)CC4)CC3)cc12. The Labute approximate surface area is 556 Å². The van der Waals surface area contributed by atoms with Crippen LogP contribution in [0, 0.1) is 14.9 Å². The third-order valence-electron chi connectivity index (χ3n) is 15.8. The summed E-state index contributed by atoms with van der Waals surface area (Å²) in [5, 5.41) is 71.1. The van der Waals surface area contributed by atoms with Crippen LogP contribution in [0.3, 0.4) is 0 Å². The molecule has 0 bridgehead atoms. The predicted octanol–water partition coefficient (Wildman–Crippen LogP) is -0.250. The smallest absolute Gasteiger partial charge is 0.317 e. The summed E-state index contributed by atoms with van der Waals surface area (Å²) in [5.74, 6) is -8.51. The molecule has 3 aliphatic rings. The molecule has 1 aromatic heterocycles. The molecule has 1 unspecified atom stereocenters. The first kappa shape index (κ1) is 75.5. The maximum absolute atomic E-state index is 13.9. The number of amides is 5. The number of hydrogen-bond acceptors (Lipinski definition) is 21. The molecule has 32 heteroatoms. The van der Waals surface area contributed by atoms with E-state index in [4.69, 9.17) is 9.47 Å². The molecule has 28 nitrogen and oxygen atoms in total. The summed E-state index contributed by atoms with van der Waals surface area (Å²) in [6, 6.07) is 14.1. The number of nitriles is 1. The number of benzene rings is 2. The number of ether oxygens (including phenoxy) is 2. The number of aliphatic carboxylic acids is 3. The fourth-order valence-corrected chi connectivity index (χ4v) is 12.0. The Morgan fingerprint density at radius 3 is 1.97 bits per heavy atom. The lowest BCUT2D eigenvalue weighted by molar-refractivity contribution is -0.141. The van der Waals surface area contributed by atoms with E-state index in [1.807, 2.05) is 12.1 Å². The normalized spacial score (nSPS) is 18.3. The van der Waals surface area contributed by atoms with Crippen LogP contribution < -0.4 is 26.0 Å². The number of halogens is 3. The third kappa shape index (κ3) is 27.4. The second-order valence-corrected chi connectivity index (χ2v) is 25.4. The Kier molecular flexibility index (Phi) is 32.0. The van der Waals surface area contributed by atoms with Gasteiger partial charge in [-0.3, -0.25) is 73.2 Å². The molecular formula is C61H86F2IN13O15S. The van der Waals surface area contributed by atoms with Gasteiger partial charge in [-0.15, -0.1) is 0 Å². The summed E-state index contributed by atoms with van der Waals surface area (Å²) >= 11 is 3.51. The van der Waals surface area contributed by atoms with Crippen molar-refractivity contribution in [3.8, 4) is 11.8 Å².